The highest BCUT2D eigenvalue weighted by molar-refractivity contribution is 5.90. The number of rotatable bonds is 5. The molecule has 0 atom stereocenters. The molecule has 114 valence electrons. The number of urea groups is 1. The van der Waals surface area contributed by atoms with E-state index >= 15 is 0 Å². The third-order valence-corrected chi connectivity index (χ3v) is 2.95. The molecule has 0 aliphatic heterocycles. The first-order valence-corrected chi connectivity index (χ1v) is 7.05. The van der Waals surface area contributed by atoms with E-state index in [1.54, 1.807) is 31.2 Å². The van der Waals surface area contributed by atoms with Crippen LogP contribution < -0.4 is 10.6 Å². The van der Waals surface area contributed by atoms with E-state index in [9.17, 15) is 9.59 Å². The minimum Gasteiger partial charge on any atom is -0.462 e. The van der Waals surface area contributed by atoms with Crippen molar-refractivity contribution in [2.75, 3.05) is 11.9 Å². The lowest BCUT2D eigenvalue weighted by atomic mass is 10.1. The topological polar surface area (TPSA) is 67.4 Å². The van der Waals surface area contributed by atoms with Crippen LogP contribution in [0, 0.1) is 0 Å². The molecule has 0 aliphatic carbocycles. The summed E-state index contributed by atoms with van der Waals surface area (Å²) in [6.07, 6.45) is 0. The maximum atomic E-state index is 11.7. The number of hydrogen-bond donors (Lipinski definition) is 2. The molecule has 22 heavy (non-hydrogen) atoms. The van der Waals surface area contributed by atoms with Gasteiger partial charge in [0.1, 0.15) is 0 Å². The highest BCUT2D eigenvalue weighted by Gasteiger charge is 2.06. The molecule has 0 spiro atoms. The number of nitrogens with one attached hydrogen (secondary N) is 2. The number of benzene rings is 2. The molecule has 0 bridgehead atoms. The highest BCUT2D eigenvalue weighted by atomic mass is 16.5. The van der Waals surface area contributed by atoms with Crippen molar-refractivity contribution >= 4 is 17.7 Å². The number of esters is 1. The van der Waals surface area contributed by atoms with Gasteiger partial charge < -0.3 is 15.4 Å². The normalized spacial score (nSPS) is 9.86. The monoisotopic (exact) mass is 298 g/mol. The molecule has 5 heteroatoms. The zero-order chi connectivity index (χ0) is 15.8. The second-order valence-corrected chi connectivity index (χ2v) is 4.59. The van der Waals surface area contributed by atoms with Crippen LogP contribution in [0.15, 0.2) is 54.6 Å². The van der Waals surface area contributed by atoms with Crippen LogP contribution >= 0.6 is 0 Å². The number of hydrogen-bond acceptors (Lipinski definition) is 3. The summed E-state index contributed by atoms with van der Waals surface area (Å²) in [5, 5.41) is 5.49. The van der Waals surface area contributed by atoms with E-state index in [-0.39, 0.29) is 12.0 Å². The Hall–Kier alpha value is -2.82. The molecule has 2 aromatic rings. The van der Waals surface area contributed by atoms with E-state index in [0.717, 1.165) is 11.3 Å². The Morgan fingerprint density at radius 3 is 2.32 bits per heavy atom. The van der Waals surface area contributed by atoms with E-state index in [0.29, 0.717) is 18.7 Å². The van der Waals surface area contributed by atoms with Crippen LogP contribution in [0.25, 0.3) is 0 Å². The Balaban J connectivity index is 1.84. The first-order chi connectivity index (χ1) is 10.7. The second kappa shape index (κ2) is 7.83. The van der Waals surface area contributed by atoms with Crippen LogP contribution in [0.2, 0.25) is 0 Å². The molecular formula is C17H18N2O3. The summed E-state index contributed by atoms with van der Waals surface area (Å²) in [7, 11) is 0. The van der Waals surface area contributed by atoms with Crippen LogP contribution in [0.3, 0.4) is 0 Å². The van der Waals surface area contributed by atoms with Gasteiger partial charge in [-0.1, -0.05) is 30.3 Å². The van der Waals surface area contributed by atoms with Crippen molar-refractivity contribution in [3.05, 3.63) is 65.7 Å². The van der Waals surface area contributed by atoms with Gasteiger partial charge in [-0.3, -0.25) is 0 Å². The van der Waals surface area contributed by atoms with Crippen molar-refractivity contribution in [3.63, 3.8) is 0 Å². The van der Waals surface area contributed by atoms with Crippen LogP contribution in [0.5, 0.6) is 0 Å². The van der Waals surface area contributed by atoms with Gasteiger partial charge in [-0.25, -0.2) is 9.59 Å². The van der Waals surface area contributed by atoms with Crippen molar-refractivity contribution in [1.29, 1.82) is 0 Å². The van der Waals surface area contributed by atoms with E-state index in [1.807, 2.05) is 30.3 Å². The fourth-order valence-electron chi connectivity index (χ4n) is 1.85. The first kappa shape index (κ1) is 15.6. The lowest BCUT2D eigenvalue weighted by Crippen LogP contribution is -2.28. The molecule has 0 heterocycles. The standard InChI is InChI=1S/C17H18N2O3/c1-2-22-16(20)14-10-8-13(9-11-14)12-18-17(21)19-15-6-4-3-5-7-15/h3-11H,2,12H2,1H3,(H2,18,19,21). The first-order valence-electron chi connectivity index (χ1n) is 7.05. The Bertz CT molecular complexity index is 624. The maximum Gasteiger partial charge on any atom is 0.338 e. The van der Waals surface area contributed by atoms with Crippen molar-refractivity contribution in [1.82, 2.24) is 5.32 Å². The molecule has 0 unspecified atom stereocenters. The fraction of sp³-hybridized carbons (Fsp3) is 0.176. The molecule has 2 rings (SSSR count). The minimum atomic E-state index is -0.344. The molecule has 2 N–H and O–H groups in total. The second-order valence-electron chi connectivity index (χ2n) is 4.59. The minimum absolute atomic E-state index is 0.277. The van der Waals surface area contributed by atoms with Crippen molar-refractivity contribution < 1.29 is 14.3 Å². The lowest BCUT2D eigenvalue weighted by Gasteiger charge is -2.08. The third kappa shape index (κ3) is 4.63. The Morgan fingerprint density at radius 1 is 1.00 bits per heavy atom. The smallest absolute Gasteiger partial charge is 0.338 e. The molecule has 0 aliphatic rings. The third-order valence-electron chi connectivity index (χ3n) is 2.95. The number of ether oxygens (including phenoxy) is 1. The summed E-state index contributed by atoms with van der Waals surface area (Å²) in [6.45, 7) is 2.49. The number of anilines is 1. The molecule has 2 aromatic carbocycles. The predicted molar refractivity (Wildman–Crippen MR) is 84.7 cm³/mol. The SMILES string of the molecule is CCOC(=O)c1ccc(CNC(=O)Nc2ccccc2)cc1. The highest BCUT2D eigenvalue weighted by Crippen LogP contribution is 2.07. The van der Waals surface area contributed by atoms with E-state index < -0.39 is 0 Å². The average molecular weight is 298 g/mol. The van der Waals surface area contributed by atoms with Gasteiger partial charge in [-0.05, 0) is 36.8 Å². The summed E-state index contributed by atoms with van der Waals surface area (Å²) in [4.78, 5) is 23.3. The van der Waals surface area contributed by atoms with Crippen molar-refractivity contribution in [3.8, 4) is 0 Å². The Kier molecular flexibility index (Phi) is 5.54. The Morgan fingerprint density at radius 2 is 1.68 bits per heavy atom. The summed E-state index contributed by atoms with van der Waals surface area (Å²) < 4.78 is 4.91. The van der Waals surface area contributed by atoms with Gasteiger partial charge in [0, 0.05) is 12.2 Å². The quantitative estimate of drug-likeness (QED) is 0.833. The number of carbonyl (C=O) groups is 2. The van der Waals surface area contributed by atoms with Gasteiger partial charge in [-0.2, -0.15) is 0 Å². The van der Waals surface area contributed by atoms with Crippen LogP contribution in [-0.2, 0) is 11.3 Å². The van der Waals surface area contributed by atoms with Crippen molar-refractivity contribution in [2.24, 2.45) is 0 Å². The number of amides is 2. The number of para-hydroxylation sites is 1. The average Bonchev–Trinajstić information content (AvgIpc) is 2.54. The van der Waals surface area contributed by atoms with E-state index in [1.165, 1.54) is 0 Å². The summed E-state index contributed by atoms with van der Waals surface area (Å²) in [6, 6.07) is 15.9. The molecule has 5 nitrogen and oxygen atoms in total. The predicted octanol–water partition coefficient (Wildman–Crippen LogP) is 3.19. The molecule has 0 fully saturated rings. The Labute approximate surface area is 129 Å². The van der Waals surface area contributed by atoms with Gasteiger partial charge in [-0.15, -0.1) is 0 Å². The van der Waals surface area contributed by atoms with Gasteiger partial charge in [0.15, 0.2) is 0 Å². The summed E-state index contributed by atoms with van der Waals surface area (Å²) >= 11 is 0. The summed E-state index contributed by atoms with van der Waals surface area (Å²) in [5.74, 6) is -0.344. The molecule has 2 amide bonds. The fourth-order valence-corrected chi connectivity index (χ4v) is 1.85. The van der Waals surface area contributed by atoms with Crippen LogP contribution in [-0.4, -0.2) is 18.6 Å². The van der Waals surface area contributed by atoms with Crippen LogP contribution in [0.1, 0.15) is 22.8 Å². The molecule has 0 saturated heterocycles. The zero-order valence-electron chi connectivity index (χ0n) is 12.3. The van der Waals surface area contributed by atoms with E-state index in [4.69, 9.17) is 4.74 Å². The van der Waals surface area contributed by atoms with Crippen molar-refractivity contribution in [2.45, 2.75) is 13.5 Å². The number of carbonyl (C=O) groups excluding carboxylic acids is 2. The van der Waals surface area contributed by atoms with Gasteiger partial charge in [0.05, 0.1) is 12.2 Å². The molecule has 0 radical (unpaired) electrons. The van der Waals surface area contributed by atoms with Gasteiger partial charge in [0.2, 0.25) is 0 Å². The largest absolute Gasteiger partial charge is 0.462 e. The van der Waals surface area contributed by atoms with Crippen LogP contribution in [0.4, 0.5) is 10.5 Å². The zero-order valence-corrected chi connectivity index (χ0v) is 12.3. The molecule has 0 aromatic heterocycles. The lowest BCUT2D eigenvalue weighted by molar-refractivity contribution is 0.0526. The summed E-state index contributed by atoms with van der Waals surface area (Å²) in [5.41, 5.74) is 2.13. The van der Waals surface area contributed by atoms with Gasteiger partial charge >= 0.3 is 12.0 Å². The maximum absolute atomic E-state index is 11.7. The van der Waals surface area contributed by atoms with Gasteiger partial charge in [0.25, 0.3) is 0 Å². The van der Waals surface area contributed by atoms with E-state index in [2.05, 4.69) is 10.6 Å². The molecular weight excluding hydrogens is 280 g/mol. The molecule has 0 saturated carbocycles.